The highest BCUT2D eigenvalue weighted by atomic mass is 16.2. The van der Waals surface area contributed by atoms with E-state index in [1.807, 2.05) is 0 Å². The summed E-state index contributed by atoms with van der Waals surface area (Å²) in [5.74, 6) is -0.609. The number of anilines is 2. The van der Waals surface area contributed by atoms with Crippen molar-refractivity contribution in [2.75, 3.05) is 18.1 Å². The molecule has 0 bridgehead atoms. The highest BCUT2D eigenvalue weighted by molar-refractivity contribution is 6.06. The Bertz CT molecular complexity index is 636. The molecule has 2 rings (SSSR count). The number of rotatable bonds is 4. The quantitative estimate of drug-likeness (QED) is 0.717. The summed E-state index contributed by atoms with van der Waals surface area (Å²) >= 11 is 0. The molecule has 0 unspecified atom stereocenters. The number of carbonyl (C=O) groups excluding carboxylic acids is 2. The first-order valence-electron chi connectivity index (χ1n) is 5.85. The maximum atomic E-state index is 12.0. The van der Waals surface area contributed by atoms with Crippen LogP contribution in [0.1, 0.15) is 10.5 Å². The standard InChI is InChI=1S/C12H14N6O2/c1-14-10(19)7-18-6-8(5-16-18)17-12(20)11-9(13)3-2-4-15-11/h2-6H,7,13H2,1H3,(H,14,19)(H,17,20). The molecule has 8 nitrogen and oxygen atoms in total. The van der Waals surface area contributed by atoms with E-state index in [0.29, 0.717) is 11.4 Å². The normalized spacial score (nSPS) is 10.1. The van der Waals surface area contributed by atoms with Crippen molar-refractivity contribution in [1.82, 2.24) is 20.1 Å². The number of nitrogen functional groups attached to an aromatic ring is 1. The van der Waals surface area contributed by atoms with Crippen molar-refractivity contribution >= 4 is 23.2 Å². The number of nitrogens with zero attached hydrogens (tertiary/aromatic N) is 3. The first-order chi connectivity index (χ1) is 9.60. The van der Waals surface area contributed by atoms with Crippen molar-refractivity contribution in [3.05, 3.63) is 36.4 Å². The van der Waals surface area contributed by atoms with Gasteiger partial charge in [-0.25, -0.2) is 4.98 Å². The van der Waals surface area contributed by atoms with E-state index >= 15 is 0 Å². The van der Waals surface area contributed by atoms with E-state index in [4.69, 9.17) is 5.73 Å². The van der Waals surface area contributed by atoms with E-state index < -0.39 is 5.91 Å². The Morgan fingerprint density at radius 1 is 1.45 bits per heavy atom. The highest BCUT2D eigenvalue weighted by Gasteiger charge is 2.12. The van der Waals surface area contributed by atoms with E-state index in [2.05, 4.69) is 20.7 Å². The van der Waals surface area contributed by atoms with E-state index in [0.717, 1.165) is 0 Å². The van der Waals surface area contributed by atoms with Gasteiger partial charge in [0.15, 0.2) is 5.69 Å². The van der Waals surface area contributed by atoms with Gasteiger partial charge in [-0.3, -0.25) is 14.3 Å². The molecular formula is C12H14N6O2. The summed E-state index contributed by atoms with van der Waals surface area (Å²) in [7, 11) is 1.54. The number of carbonyl (C=O) groups is 2. The molecule has 0 saturated heterocycles. The smallest absolute Gasteiger partial charge is 0.276 e. The van der Waals surface area contributed by atoms with E-state index in [1.165, 1.54) is 17.1 Å². The largest absolute Gasteiger partial charge is 0.397 e. The Labute approximate surface area is 115 Å². The van der Waals surface area contributed by atoms with Crippen LogP contribution in [0.25, 0.3) is 0 Å². The fraction of sp³-hybridized carbons (Fsp3) is 0.167. The van der Waals surface area contributed by atoms with Gasteiger partial charge in [-0.05, 0) is 12.1 Å². The number of nitrogens with one attached hydrogen (secondary N) is 2. The number of hydrogen-bond donors (Lipinski definition) is 3. The predicted octanol–water partition coefficient (Wildman–Crippen LogP) is -0.141. The molecule has 2 aromatic heterocycles. The summed E-state index contributed by atoms with van der Waals surface area (Å²) in [6, 6.07) is 3.24. The molecule has 0 aliphatic heterocycles. The molecule has 8 heteroatoms. The van der Waals surface area contributed by atoms with Gasteiger partial charge in [-0.1, -0.05) is 0 Å². The highest BCUT2D eigenvalue weighted by Crippen LogP contribution is 2.11. The molecule has 2 aromatic rings. The number of nitrogens with two attached hydrogens (primary N) is 1. The molecular weight excluding hydrogens is 260 g/mol. The third-order valence-corrected chi connectivity index (χ3v) is 2.53. The molecule has 4 N–H and O–H groups in total. The zero-order chi connectivity index (χ0) is 14.5. The Morgan fingerprint density at radius 2 is 2.25 bits per heavy atom. The van der Waals surface area contributed by atoms with Gasteiger partial charge in [-0.15, -0.1) is 0 Å². The minimum absolute atomic E-state index is 0.0814. The second-order valence-corrected chi connectivity index (χ2v) is 4.00. The molecule has 2 heterocycles. The summed E-state index contributed by atoms with van der Waals surface area (Å²) in [6.45, 7) is 0.0814. The van der Waals surface area contributed by atoms with Crippen LogP contribution in [0.5, 0.6) is 0 Å². The lowest BCUT2D eigenvalue weighted by Gasteiger charge is -2.04. The number of likely N-dealkylation sites (N-methyl/N-ethyl adjacent to an activating group) is 1. The zero-order valence-electron chi connectivity index (χ0n) is 10.8. The van der Waals surface area contributed by atoms with Crippen LogP contribution >= 0.6 is 0 Å². The fourth-order valence-corrected chi connectivity index (χ4v) is 1.54. The number of hydrogen-bond acceptors (Lipinski definition) is 5. The topological polar surface area (TPSA) is 115 Å². The molecule has 20 heavy (non-hydrogen) atoms. The summed E-state index contributed by atoms with van der Waals surface area (Å²) in [5.41, 5.74) is 6.57. The first-order valence-corrected chi connectivity index (χ1v) is 5.85. The Balaban J connectivity index is 2.05. The molecule has 0 aliphatic rings. The first kappa shape index (κ1) is 13.5. The van der Waals surface area contributed by atoms with Crippen LogP contribution in [-0.2, 0) is 11.3 Å². The van der Waals surface area contributed by atoms with Gasteiger partial charge in [0.25, 0.3) is 5.91 Å². The van der Waals surface area contributed by atoms with Crippen molar-refractivity contribution in [3.63, 3.8) is 0 Å². The van der Waals surface area contributed by atoms with Crippen LogP contribution in [0.4, 0.5) is 11.4 Å². The SMILES string of the molecule is CNC(=O)Cn1cc(NC(=O)c2ncccc2N)cn1. The Hall–Kier alpha value is -2.90. The second-order valence-electron chi connectivity index (χ2n) is 4.00. The molecule has 0 atom stereocenters. The Morgan fingerprint density at radius 3 is 2.95 bits per heavy atom. The van der Waals surface area contributed by atoms with E-state index in [-0.39, 0.29) is 18.1 Å². The minimum atomic E-state index is -0.428. The minimum Gasteiger partial charge on any atom is -0.397 e. The summed E-state index contributed by atoms with van der Waals surface area (Å²) in [5, 5.41) is 9.06. The lowest BCUT2D eigenvalue weighted by molar-refractivity contribution is -0.121. The second kappa shape index (κ2) is 5.83. The van der Waals surface area contributed by atoms with Crippen molar-refractivity contribution in [2.45, 2.75) is 6.54 Å². The van der Waals surface area contributed by atoms with Gasteiger partial charge in [0.2, 0.25) is 5.91 Å². The number of pyridine rings is 1. The van der Waals surface area contributed by atoms with Gasteiger partial charge >= 0.3 is 0 Å². The number of amides is 2. The van der Waals surface area contributed by atoms with Crippen LogP contribution in [0.15, 0.2) is 30.7 Å². The number of aromatic nitrogens is 3. The fourth-order valence-electron chi connectivity index (χ4n) is 1.54. The zero-order valence-corrected chi connectivity index (χ0v) is 10.8. The van der Waals surface area contributed by atoms with Crippen LogP contribution < -0.4 is 16.4 Å². The average molecular weight is 274 g/mol. The molecule has 0 spiro atoms. The van der Waals surface area contributed by atoms with Gasteiger partial charge in [0, 0.05) is 19.4 Å². The van der Waals surface area contributed by atoms with Crippen molar-refractivity contribution in [1.29, 1.82) is 0 Å². The molecule has 0 radical (unpaired) electrons. The monoisotopic (exact) mass is 274 g/mol. The third-order valence-electron chi connectivity index (χ3n) is 2.53. The Kier molecular flexibility index (Phi) is 3.94. The predicted molar refractivity (Wildman–Crippen MR) is 72.9 cm³/mol. The third kappa shape index (κ3) is 3.10. The van der Waals surface area contributed by atoms with Crippen LogP contribution in [-0.4, -0.2) is 33.6 Å². The van der Waals surface area contributed by atoms with E-state index in [1.54, 1.807) is 25.4 Å². The molecule has 0 saturated carbocycles. The van der Waals surface area contributed by atoms with Crippen LogP contribution in [0, 0.1) is 0 Å². The van der Waals surface area contributed by atoms with Crippen LogP contribution in [0.3, 0.4) is 0 Å². The van der Waals surface area contributed by atoms with E-state index in [9.17, 15) is 9.59 Å². The average Bonchev–Trinajstić information content (AvgIpc) is 2.86. The van der Waals surface area contributed by atoms with Gasteiger partial charge < -0.3 is 16.4 Å². The van der Waals surface area contributed by atoms with Gasteiger partial charge in [-0.2, -0.15) is 5.10 Å². The van der Waals surface area contributed by atoms with Crippen LogP contribution in [0.2, 0.25) is 0 Å². The van der Waals surface area contributed by atoms with Crippen molar-refractivity contribution in [3.8, 4) is 0 Å². The maximum Gasteiger partial charge on any atom is 0.276 e. The lowest BCUT2D eigenvalue weighted by Crippen LogP contribution is -2.23. The molecule has 0 fully saturated rings. The summed E-state index contributed by atoms with van der Waals surface area (Å²) in [6.07, 6.45) is 4.48. The van der Waals surface area contributed by atoms with Gasteiger partial charge in [0.1, 0.15) is 6.54 Å². The summed E-state index contributed by atoms with van der Waals surface area (Å²) in [4.78, 5) is 27.1. The van der Waals surface area contributed by atoms with Gasteiger partial charge in [0.05, 0.1) is 17.6 Å². The molecule has 0 aliphatic carbocycles. The summed E-state index contributed by atoms with van der Waals surface area (Å²) < 4.78 is 1.41. The van der Waals surface area contributed by atoms with Crippen molar-refractivity contribution in [2.24, 2.45) is 0 Å². The molecule has 0 aromatic carbocycles. The molecule has 104 valence electrons. The maximum absolute atomic E-state index is 12.0. The molecule has 2 amide bonds. The van der Waals surface area contributed by atoms with Crippen molar-refractivity contribution < 1.29 is 9.59 Å². The lowest BCUT2D eigenvalue weighted by atomic mass is 10.3.